The maximum Gasteiger partial charge on any atom is 0.268 e. The van der Waals surface area contributed by atoms with Gasteiger partial charge in [-0.05, 0) is 55.6 Å². The molecule has 1 saturated heterocycles. The lowest BCUT2D eigenvalue weighted by Crippen LogP contribution is -2.39. The predicted octanol–water partition coefficient (Wildman–Crippen LogP) is 5.34. The molecule has 0 bridgehead atoms. The summed E-state index contributed by atoms with van der Waals surface area (Å²) in [6.45, 7) is 4.27. The number of hydrogen-bond acceptors (Lipinski definition) is 8. The van der Waals surface area contributed by atoms with Crippen molar-refractivity contribution in [3.05, 3.63) is 66.7 Å². The number of likely N-dealkylation sites (tertiary alicyclic amines) is 1. The van der Waals surface area contributed by atoms with Crippen LogP contribution < -0.4 is 24.4 Å². The highest BCUT2D eigenvalue weighted by atomic mass is 32.2. The molecule has 0 radical (unpaired) electrons. The smallest absolute Gasteiger partial charge is 0.268 e. The third-order valence-corrected chi connectivity index (χ3v) is 7.68. The van der Waals surface area contributed by atoms with E-state index in [9.17, 15) is 13.6 Å². The number of rotatable bonds is 10. The molecule has 11 nitrogen and oxygen atoms in total. The molecule has 1 fully saturated rings. The van der Waals surface area contributed by atoms with Gasteiger partial charge in [-0.15, -0.1) is 0 Å². The number of hydrogen-bond donors (Lipinski definition) is 3. The molecule has 3 N–H and O–H groups in total. The van der Waals surface area contributed by atoms with Gasteiger partial charge in [-0.1, -0.05) is 25.1 Å². The van der Waals surface area contributed by atoms with Crippen molar-refractivity contribution in [3.63, 3.8) is 0 Å². The monoisotopic (exact) mass is 590 g/mol. The van der Waals surface area contributed by atoms with Crippen molar-refractivity contribution in [2.45, 2.75) is 19.8 Å². The van der Waals surface area contributed by atoms with Gasteiger partial charge in [0, 0.05) is 36.1 Å². The van der Waals surface area contributed by atoms with Crippen LogP contribution in [0, 0.1) is 5.92 Å². The second-order valence-corrected chi connectivity index (χ2v) is 11.0. The van der Waals surface area contributed by atoms with Gasteiger partial charge in [0.2, 0.25) is 5.91 Å². The summed E-state index contributed by atoms with van der Waals surface area (Å²) in [5, 5.41) is 6.15. The molecular weight excluding hydrogens is 556 g/mol. The number of carbonyl (C=O) groups is 1. The van der Waals surface area contributed by atoms with E-state index in [2.05, 4.69) is 22.5 Å². The van der Waals surface area contributed by atoms with E-state index in [0.717, 1.165) is 23.8 Å². The minimum atomic E-state index is -2.54. The van der Waals surface area contributed by atoms with Crippen molar-refractivity contribution in [2.75, 3.05) is 48.8 Å². The minimum absolute atomic E-state index is 0.113. The molecule has 1 aliphatic heterocycles. The Morgan fingerprint density at radius 2 is 1.74 bits per heavy atom. The van der Waals surface area contributed by atoms with E-state index in [0.29, 0.717) is 52.1 Å². The third kappa shape index (κ3) is 6.96. The van der Waals surface area contributed by atoms with Gasteiger partial charge in [-0.2, -0.15) is 0 Å². The van der Waals surface area contributed by atoms with Gasteiger partial charge in [0.25, 0.3) is 11.3 Å². The van der Waals surface area contributed by atoms with E-state index < -0.39 is 11.3 Å². The zero-order valence-electron chi connectivity index (χ0n) is 23.7. The van der Waals surface area contributed by atoms with Crippen LogP contribution >= 0.6 is 0 Å². The summed E-state index contributed by atoms with van der Waals surface area (Å²) >= 11 is -2.54. The van der Waals surface area contributed by atoms with E-state index in [-0.39, 0.29) is 17.5 Å². The summed E-state index contributed by atoms with van der Waals surface area (Å²) in [7, 11) is 3.10. The molecule has 2 atom stereocenters. The molecule has 2 unspecified atom stereocenters. The molecule has 1 amide bonds. The van der Waals surface area contributed by atoms with Crippen molar-refractivity contribution in [3.8, 4) is 11.5 Å². The van der Waals surface area contributed by atoms with Crippen LogP contribution in [-0.2, 0) is 16.1 Å². The molecule has 1 aromatic heterocycles. The number of para-hydroxylation sites is 2. The quantitative estimate of drug-likeness (QED) is 0.210. The second-order valence-electron chi connectivity index (χ2n) is 10.2. The number of methoxy groups -OCH3 is 2. The SMILES string of the molecule is COc1cc(Nc2nc3ccccc3nc2N(c2cccc(NC(=O)CN3CCCC(C)C3)c2)S(=O)O)cc(OC)c1. The normalized spacial score (nSPS) is 16.0. The number of anilines is 5. The standard InChI is InChI=1S/C30H34N6O5S/c1-20-8-7-13-35(18-20)19-28(37)31-21-9-6-10-23(14-21)36(42(38)39)30-29(33-26-11-4-5-12-27(26)34-30)32-22-15-24(40-2)17-25(16-22)41-3/h4-6,9-12,14-17,20H,7-8,13,18-19H2,1-3H3,(H,31,37)(H,32,33)(H,38,39). The molecule has 0 aliphatic carbocycles. The van der Waals surface area contributed by atoms with Crippen LogP contribution in [0.1, 0.15) is 19.8 Å². The van der Waals surface area contributed by atoms with Crippen LogP contribution in [0.5, 0.6) is 11.5 Å². The first-order chi connectivity index (χ1) is 20.3. The maximum atomic E-state index is 12.9. The first-order valence-corrected chi connectivity index (χ1v) is 14.7. The van der Waals surface area contributed by atoms with Crippen LogP contribution in [0.2, 0.25) is 0 Å². The topological polar surface area (TPSA) is 129 Å². The third-order valence-electron chi connectivity index (χ3n) is 6.99. The number of amides is 1. The van der Waals surface area contributed by atoms with Crippen LogP contribution in [-0.4, -0.2) is 63.4 Å². The zero-order chi connectivity index (χ0) is 29.6. The summed E-state index contributed by atoms with van der Waals surface area (Å²) in [5.41, 5.74) is 2.55. The number of carbonyl (C=O) groups excluding carboxylic acids is 1. The highest BCUT2D eigenvalue weighted by Crippen LogP contribution is 2.36. The maximum absolute atomic E-state index is 12.9. The average Bonchev–Trinajstić information content (AvgIpc) is 2.97. The zero-order valence-corrected chi connectivity index (χ0v) is 24.6. The van der Waals surface area contributed by atoms with E-state index in [1.165, 1.54) is 6.42 Å². The second kappa shape index (κ2) is 13.1. The van der Waals surface area contributed by atoms with Crippen LogP contribution in [0.4, 0.5) is 28.7 Å². The highest BCUT2D eigenvalue weighted by Gasteiger charge is 2.24. The summed E-state index contributed by atoms with van der Waals surface area (Å²) in [6.07, 6.45) is 2.25. The molecule has 4 aromatic rings. The fourth-order valence-corrected chi connectivity index (χ4v) is 5.63. The molecule has 0 saturated carbocycles. The van der Waals surface area contributed by atoms with Gasteiger partial charge in [0.05, 0.1) is 37.5 Å². The Morgan fingerprint density at radius 3 is 2.40 bits per heavy atom. The molecule has 42 heavy (non-hydrogen) atoms. The Hall–Kier alpha value is -4.26. The van der Waals surface area contributed by atoms with Crippen molar-refractivity contribution in [1.29, 1.82) is 0 Å². The summed E-state index contributed by atoms with van der Waals surface area (Å²) in [4.78, 5) is 24.5. The van der Waals surface area contributed by atoms with Crippen LogP contribution in [0.25, 0.3) is 11.0 Å². The Bertz CT molecular complexity index is 1580. The number of nitrogens with zero attached hydrogens (tertiary/aromatic N) is 4. The van der Waals surface area contributed by atoms with Gasteiger partial charge < -0.3 is 20.1 Å². The lowest BCUT2D eigenvalue weighted by molar-refractivity contribution is -0.117. The fraction of sp³-hybridized carbons (Fsp3) is 0.300. The number of benzene rings is 3. The Balaban J connectivity index is 1.49. The Labute approximate surface area is 247 Å². The van der Waals surface area contributed by atoms with Gasteiger partial charge >= 0.3 is 0 Å². The Morgan fingerprint density at radius 1 is 1.02 bits per heavy atom. The van der Waals surface area contributed by atoms with Crippen molar-refractivity contribution < 1.29 is 23.0 Å². The molecule has 3 aromatic carbocycles. The van der Waals surface area contributed by atoms with Gasteiger partial charge in [0.1, 0.15) is 11.5 Å². The highest BCUT2D eigenvalue weighted by molar-refractivity contribution is 7.81. The number of ether oxygens (including phenoxy) is 2. The molecule has 2 heterocycles. The van der Waals surface area contributed by atoms with Gasteiger partial charge in [0.15, 0.2) is 11.6 Å². The van der Waals surface area contributed by atoms with Crippen molar-refractivity contribution in [2.24, 2.45) is 5.92 Å². The predicted molar refractivity (Wildman–Crippen MR) is 165 cm³/mol. The van der Waals surface area contributed by atoms with Gasteiger partial charge in [-0.25, -0.2) is 18.5 Å². The first-order valence-electron chi connectivity index (χ1n) is 13.6. The summed E-state index contributed by atoms with van der Waals surface area (Å²) < 4.78 is 35.4. The van der Waals surface area contributed by atoms with Crippen molar-refractivity contribution >= 4 is 56.9 Å². The summed E-state index contributed by atoms with van der Waals surface area (Å²) in [6, 6.07) is 19.3. The molecule has 220 valence electrons. The first kappa shape index (κ1) is 29.2. The number of nitrogens with one attached hydrogen (secondary N) is 2. The van der Waals surface area contributed by atoms with Crippen LogP contribution in [0.15, 0.2) is 66.7 Å². The number of aromatic nitrogens is 2. The van der Waals surface area contributed by atoms with E-state index in [4.69, 9.17) is 19.4 Å². The Kier molecular flexibility index (Phi) is 9.15. The van der Waals surface area contributed by atoms with E-state index >= 15 is 0 Å². The minimum Gasteiger partial charge on any atom is -0.497 e. The average molecular weight is 591 g/mol. The molecule has 0 spiro atoms. The molecular formula is C30H34N6O5S. The number of fused-ring (bicyclic) bond motifs is 1. The molecule has 12 heteroatoms. The summed E-state index contributed by atoms with van der Waals surface area (Å²) in [5.74, 6) is 1.88. The lowest BCUT2D eigenvalue weighted by Gasteiger charge is -2.30. The van der Waals surface area contributed by atoms with Gasteiger partial charge in [-0.3, -0.25) is 14.2 Å². The number of piperidine rings is 1. The van der Waals surface area contributed by atoms with Crippen molar-refractivity contribution in [1.82, 2.24) is 14.9 Å². The largest absolute Gasteiger partial charge is 0.497 e. The molecule has 1 aliphatic rings. The van der Waals surface area contributed by atoms with E-state index in [1.54, 1.807) is 62.8 Å². The lowest BCUT2D eigenvalue weighted by atomic mass is 10.0. The van der Waals surface area contributed by atoms with Crippen LogP contribution in [0.3, 0.4) is 0 Å². The van der Waals surface area contributed by atoms with E-state index in [1.807, 2.05) is 18.2 Å². The fourth-order valence-electron chi connectivity index (χ4n) is 5.06. The molecule has 5 rings (SSSR count).